The molecule has 0 N–H and O–H groups in total. The van der Waals surface area contributed by atoms with Gasteiger partial charge < -0.3 is 4.57 Å². The Morgan fingerprint density at radius 2 is 1.22 bits per heavy atom. The first kappa shape index (κ1) is 24.7. The van der Waals surface area contributed by atoms with Crippen LogP contribution in [0.2, 0.25) is 0 Å². The monoisotopic (exact) mass is 531 g/mol. The Hall–Kier alpha value is -4.10. The smallest absolute Gasteiger partial charge is 0.0582 e. The number of hydrogen-bond donors (Lipinski definition) is 0. The number of aromatic nitrogens is 1. The molecule has 0 atom stereocenters. The minimum Gasteiger partial charge on any atom is -0.309 e. The zero-order chi connectivity index (χ0) is 27.6. The van der Waals surface area contributed by atoms with E-state index in [9.17, 15) is 0 Å². The third-order valence-electron chi connectivity index (χ3n) is 9.92. The molecule has 202 valence electrons. The van der Waals surface area contributed by atoms with Gasteiger partial charge in [-0.05, 0) is 88.4 Å². The van der Waals surface area contributed by atoms with Gasteiger partial charge in [0, 0.05) is 16.2 Å². The number of fused-ring (bicyclic) bond motifs is 8. The van der Waals surface area contributed by atoms with E-state index in [2.05, 4.69) is 122 Å². The van der Waals surface area contributed by atoms with Gasteiger partial charge in [0.05, 0.1) is 16.7 Å². The molecular formula is C40H37N. The first-order valence-electron chi connectivity index (χ1n) is 15.5. The molecule has 1 aromatic heterocycles. The molecular weight excluding hydrogens is 494 g/mol. The van der Waals surface area contributed by atoms with E-state index in [0.29, 0.717) is 0 Å². The largest absolute Gasteiger partial charge is 0.309 e. The summed E-state index contributed by atoms with van der Waals surface area (Å²) in [5.74, 6) is 0. The van der Waals surface area contributed by atoms with E-state index in [-0.39, 0.29) is 5.41 Å². The van der Waals surface area contributed by atoms with Crippen molar-refractivity contribution in [3.05, 3.63) is 125 Å². The van der Waals surface area contributed by atoms with E-state index >= 15 is 0 Å². The summed E-state index contributed by atoms with van der Waals surface area (Å²) in [5, 5.41) is 2.69. The molecule has 0 amide bonds. The van der Waals surface area contributed by atoms with Crippen molar-refractivity contribution in [2.45, 2.75) is 64.2 Å². The molecule has 1 aliphatic heterocycles. The molecule has 1 nitrogen and oxygen atoms in total. The molecule has 0 unspecified atom stereocenters. The van der Waals surface area contributed by atoms with Gasteiger partial charge in [-0.3, -0.25) is 0 Å². The Kier molecular flexibility index (Phi) is 5.71. The van der Waals surface area contributed by atoms with E-state index in [1.165, 1.54) is 111 Å². The fourth-order valence-electron chi connectivity index (χ4n) is 7.75. The maximum atomic E-state index is 2.51. The van der Waals surface area contributed by atoms with Crippen LogP contribution in [0.15, 0.2) is 103 Å². The molecule has 0 bridgehead atoms. The van der Waals surface area contributed by atoms with Gasteiger partial charge in [-0.25, -0.2) is 0 Å². The Morgan fingerprint density at radius 1 is 0.537 bits per heavy atom. The summed E-state index contributed by atoms with van der Waals surface area (Å²) in [7, 11) is 0. The third kappa shape index (κ3) is 3.82. The summed E-state index contributed by atoms with van der Waals surface area (Å²) in [6.07, 6.45) is 8.90. The molecule has 2 aliphatic rings. The van der Waals surface area contributed by atoms with Crippen molar-refractivity contribution in [3.63, 3.8) is 0 Å². The Bertz CT molecular complexity index is 1950. The Labute approximate surface area is 243 Å². The molecule has 0 saturated carbocycles. The van der Waals surface area contributed by atoms with Gasteiger partial charge in [-0.2, -0.15) is 0 Å². The van der Waals surface area contributed by atoms with Gasteiger partial charge in [0.15, 0.2) is 0 Å². The average Bonchev–Trinajstić information content (AvgIpc) is 3.32. The summed E-state index contributed by atoms with van der Waals surface area (Å²) in [6.45, 7) is 4.74. The lowest BCUT2D eigenvalue weighted by molar-refractivity contribution is 0.616. The van der Waals surface area contributed by atoms with Gasteiger partial charge >= 0.3 is 0 Å². The van der Waals surface area contributed by atoms with Gasteiger partial charge in [-0.1, -0.05) is 118 Å². The molecule has 1 aliphatic carbocycles. The fraction of sp³-hybridized carbons (Fsp3) is 0.250. The Morgan fingerprint density at radius 3 is 2.12 bits per heavy atom. The van der Waals surface area contributed by atoms with E-state index in [4.69, 9.17) is 0 Å². The lowest BCUT2D eigenvalue weighted by Crippen LogP contribution is -2.26. The highest BCUT2D eigenvalue weighted by atomic mass is 15.0. The van der Waals surface area contributed by atoms with Crippen LogP contribution < -0.4 is 0 Å². The van der Waals surface area contributed by atoms with Crippen molar-refractivity contribution in [2.24, 2.45) is 0 Å². The summed E-state index contributed by atoms with van der Waals surface area (Å²) < 4.78 is 2.51. The van der Waals surface area contributed by atoms with Gasteiger partial charge in [0.25, 0.3) is 0 Å². The molecule has 2 heterocycles. The third-order valence-corrected chi connectivity index (χ3v) is 9.92. The lowest BCUT2D eigenvalue weighted by atomic mass is 9.75. The van der Waals surface area contributed by atoms with E-state index < -0.39 is 0 Å². The maximum Gasteiger partial charge on any atom is 0.0582 e. The second-order valence-electron chi connectivity index (χ2n) is 12.7. The molecule has 5 aromatic carbocycles. The van der Waals surface area contributed by atoms with E-state index in [0.717, 1.165) is 6.42 Å². The van der Waals surface area contributed by atoms with E-state index in [1.807, 2.05) is 0 Å². The minimum absolute atomic E-state index is 0.0359. The van der Waals surface area contributed by atoms with Gasteiger partial charge in [0.2, 0.25) is 0 Å². The maximum absolute atomic E-state index is 2.51. The molecule has 8 rings (SSSR count). The number of para-hydroxylation sites is 2. The number of benzene rings is 5. The highest BCUT2D eigenvalue weighted by Gasteiger charge is 2.34. The number of rotatable bonds is 1. The average molecular weight is 532 g/mol. The van der Waals surface area contributed by atoms with Crippen molar-refractivity contribution in [1.29, 1.82) is 0 Å². The van der Waals surface area contributed by atoms with Crippen LogP contribution in [-0.4, -0.2) is 4.57 Å². The summed E-state index contributed by atoms with van der Waals surface area (Å²) in [5.41, 5.74) is 15.2. The molecule has 0 saturated heterocycles. The van der Waals surface area contributed by atoms with Crippen LogP contribution >= 0.6 is 0 Å². The van der Waals surface area contributed by atoms with Crippen molar-refractivity contribution < 1.29 is 0 Å². The highest BCUT2D eigenvalue weighted by molar-refractivity contribution is 6.12. The molecule has 6 aromatic rings. The summed E-state index contributed by atoms with van der Waals surface area (Å²) >= 11 is 0. The zero-order valence-corrected chi connectivity index (χ0v) is 24.2. The predicted molar refractivity (Wildman–Crippen MR) is 174 cm³/mol. The second kappa shape index (κ2) is 9.48. The van der Waals surface area contributed by atoms with Crippen molar-refractivity contribution in [3.8, 4) is 27.9 Å². The van der Waals surface area contributed by atoms with Gasteiger partial charge in [-0.15, -0.1) is 0 Å². The minimum atomic E-state index is -0.0359. The molecule has 0 spiro atoms. The molecule has 1 heteroatoms. The first-order valence-corrected chi connectivity index (χ1v) is 15.5. The predicted octanol–water partition coefficient (Wildman–Crippen LogP) is 10.8. The summed E-state index contributed by atoms with van der Waals surface area (Å²) in [4.78, 5) is 0. The standard InChI is InChI=1S/C40H37N/c1-40(2)35-18-10-11-20-38(35)41-37-24-22-29(26-34(37)33-17-12-19-36(40)39(33)41)28-21-23-32-30(25-28)15-7-5-3-4-6-13-27-14-8-9-16-31(27)32/h8-12,14,16-26H,3-7,13,15H2,1-2H3. The fourth-order valence-corrected chi connectivity index (χ4v) is 7.75. The number of hydrogen-bond acceptors (Lipinski definition) is 0. The van der Waals surface area contributed by atoms with Gasteiger partial charge in [0.1, 0.15) is 0 Å². The van der Waals surface area contributed by atoms with Crippen molar-refractivity contribution >= 4 is 21.8 Å². The SMILES string of the molecule is CC1(C)c2ccccc2-n2c3ccc(-c4ccc5c(c4)CCCCCCCc4ccccc4-5)cc3c3cccc1c32. The van der Waals surface area contributed by atoms with Crippen LogP contribution in [0.25, 0.3) is 49.7 Å². The van der Waals surface area contributed by atoms with Crippen molar-refractivity contribution in [2.75, 3.05) is 0 Å². The highest BCUT2D eigenvalue weighted by Crippen LogP contribution is 2.47. The topological polar surface area (TPSA) is 4.93 Å². The number of nitrogens with zero attached hydrogens (tertiary/aromatic N) is 1. The molecule has 0 radical (unpaired) electrons. The summed E-state index contributed by atoms with van der Waals surface area (Å²) in [6, 6.07) is 39.3. The van der Waals surface area contributed by atoms with Crippen LogP contribution in [0.4, 0.5) is 0 Å². The lowest BCUT2D eigenvalue weighted by Gasteiger charge is -2.34. The number of aryl methyl sites for hydroxylation is 2. The quantitative estimate of drug-likeness (QED) is 0.199. The Balaban J connectivity index is 1.31. The zero-order valence-electron chi connectivity index (χ0n) is 24.2. The molecule has 0 fully saturated rings. The van der Waals surface area contributed by atoms with Crippen LogP contribution in [-0.2, 0) is 18.3 Å². The first-order chi connectivity index (χ1) is 20.1. The van der Waals surface area contributed by atoms with E-state index in [1.54, 1.807) is 0 Å². The van der Waals surface area contributed by atoms with Crippen LogP contribution in [0.5, 0.6) is 0 Å². The van der Waals surface area contributed by atoms with Crippen LogP contribution in [0.1, 0.15) is 68.2 Å². The molecule has 41 heavy (non-hydrogen) atoms. The van der Waals surface area contributed by atoms with Crippen LogP contribution in [0.3, 0.4) is 0 Å². The van der Waals surface area contributed by atoms with Crippen molar-refractivity contribution in [1.82, 2.24) is 4.57 Å². The normalized spacial score (nSPS) is 16.0. The van der Waals surface area contributed by atoms with Crippen LogP contribution in [0, 0.1) is 0 Å². The second-order valence-corrected chi connectivity index (χ2v) is 12.7.